The van der Waals surface area contributed by atoms with E-state index in [9.17, 15) is 4.79 Å². The summed E-state index contributed by atoms with van der Waals surface area (Å²) in [5.74, 6) is 0.0557. The molecule has 1 unspecified atom stereocenters. The van der Waals surface area contributed by atoms with Gasteiger partial charge in [0.05, 0.1) is 6.10 Å². The molecule has 2 aromatic rings. The van der Waals surface area contributed by atoms with Crippen molar-refractivity contribution >= 4 is 24.0 Å². The summed E-state index contributed by atoms with van der Waals surface area (Å²) in [5, 5.41) is 0. The summed E-state index contributed by atoms with van der Waals surface area (Å²) in [6, 6.07) is 15.9. The van der Waals surface area contributed by atoms with Crippen LogP contribution >= 0.6 is 12.4 Å². The second kappa shape index (κ2) is 9.60. The SMILES string of the molecule is Cc1ccc(N)cc1C(=O)N1CCC(OCCCc2ccccc2)C1.Cl. The molecule has 2 N–H and O–H groups in total. The van der Waals surface area contributed by atoms with E-state index in [1.807, 2.05) is 30.0 Å². The van der Waals surface area contributed by atoms with Gasteiger partial charge in [0.15, 0.2) is 0 Å². The topological polar surface area (TPSA) is 55.6 Å². The highest BCUT2D eigenvalue weighted by Gasteiger charge is 2.28. The molecule has 0 aromatic heterocycles. The van der Waals surface area contributed by atoms with Gasteiger partial charge in [-0.1, -0.05) is 36.4 Å². The lowest BCUT2D eigenvalue weighted by Crippen LogP contribution is -2.30. The molecule has 140 valence electrons. The number of nitrogen functional groups attached to an aromatic ring is 1. The Morgan fingerprint density at radius 1 is 1.23 bits per heavy atom. The molecule has 1 fully saturated rings. The Balaban J connectivity index is 0.00000243. The molecule has 0 radical (unpaired) electrons. The van der Waals surface area contributed by atoms with Gasteiger partial charge in [0.1, 0.15) is 0 Å². The molecule has 1 aliphatic heterocycles. The summed E-state index contributed by atoms with van der Waals surface area (Å²) >= 11 is 0. The molecule has 0 spiro atoms. The first-order valence-electron chi connectivity index (χ1n) is 8.94. The van der Waals surface area contributed by atoms with Crippen LogP contribution in [0.5, 0.6) is 0 Å². The fourth-order valence-corrected chi connectivity index (χ4v) is 3.26. The Bertz CT molecular complexity index is 721. The van der Waals surface area contributed by atoms with E-state index < -0.39 is 0 Å². The average Bonchev–Trinajstić information content (AvgIpc) is 3.10. The second-order valence-corrected chi connectivity index (χ2v) is 6.70. The van der Waals surface area contributed by atoms with E-state index in [1.54, 1.807) is 6.07 Å². The van der Waals surface area contributed by atoms with Gasteiger partial charge in [0.25, 0.3) is 5.91 Å². The lowest BCUT2D eigenvalue weighted by molar-refractivity contribution is 0.0524. The standard InChI is InChI=1S/C21H26N2O2.ClH/c1-16-9-10-18(22)14-20(16)21(24)23-12-11-19(15-23)25-13-5-8-17-6-3-2-4-7-17;/h2-4,6-7,9-10,14,19H,5,8,11-13,15,22H2,1H3;1H. The highest BCUT2D eigenvalue weighted by Crippen LogP contribution is 2.20. The molecule has 3 rings (SSSR count). The first-order valence-corrected chi connectivity index (χ1v) is 8.94. The van der Waals surface area contributed by atoms with Gasteiger partial charge in [-0.25, -0.2) is 0 Å². The molecule has 1 aliphatic rings. The average molecular weight is 375 g/mol. The van der Waals surface area contributed by atoms with Crippen LogP contribution in [-0.2, 0) is 11.2 Å². The van der Waals surface area contributed by atoms with Gasteiger partial charge in [-0.05, 0) is 49.4 Å². The summed E-state index contributed by atoms with van der Waals surface area (Å²) in [4.78, 5) is 14.6. The maximum atomic E-state index is 12.7. The summed E-state index contributed by atoms with van der Waals surface area (Å²) in [7, 11) is 0. The van der Waals surface area contributed by atoms with Crippen molar-refractivity contribution < 1.29 is 9.53 Å². The van der Waals surface area contributed by atoms with Gasteiger partial charge in [-0.15, -0.1) is 12.4 Å². The van der Waals surface area contributed by atoms with Gasteiger partial charge in [-0.2, -0.15) is 0 Å². The van der Waals surface area contributed by atoms with Crippen molar-refractivity contribution in [1.29, 1.82) is 0 Å². The molecule has 26 heavy (non-hydrogen) atoms. The molecule has 0 aliphatic carbocycles. The van der Waals surface area contributed by atoms with Gasteiger partial charge < -0.3 is 15.4 Å². The van der Waals surface area contributed by atoms with E-state index in [0.717, 1.165) is 38.0 Å². The zero-order chi connectivity index (χ0) is 17.6. The molecule has 4 nitrogen and oxygen atoms in total. The number of hydrogen-bond donors (Lipinski definition) is 1. The van der Waals surface area contributed by atoms with Crippen molar-refractivity contribution in [2.24, 2.45) is 0 Å². The molecular formula is C21H27ClN2O2. The van der Waals surface area contributed by atoms with Gasteiger partial charge in [0, 0.05) is 30.9 Å². The molecule has 5 heteroatoms. The molecule has 0 saturated carbocycles. The third-order valence-electron chi connectivity index (χ3n) is 4.73. The number of likely N-dealkylation sites (tertiary alicyclic amines) is 1. The first-order chi connectivity index (χ1) is 12.1. The van der Waals surface area contributed by atoms with Crippen LogP contribution < -0.4 is 5.73 Å². The predicted octanol–water partition coefficient (Wildman–Crippen LogP) is 3.86. The third-order valence-corrected chi connectivity index (χ3v) is 4.73. The van der Waals surface area contributed by atoms with Crippen LogP contribution in [0, 0.1) is 6.92 Å². The summed E-state index contributed by atoms with van der Waals surface area (Å²) in [6.45, 7) is 4.09. The highest BCUT2D eigenvalue weighted by molar-refractivity contribution is 5.96. The van der Waals surface area contributed by atoms with Crippen molar-refractivity contribution in [3.8, 4) is 0 Å². The Kier molecular flexibility index (Phi) is 7.49. The van der Waals surface area contributed by atoms with Crippen molar-refractivity contribution in [3.05, 3.63) is 65.2 Å². The van der Waals surface area contributed by atoms with Gasteiger partial charge >= 0.3 is 0 Å². The van der Waals surface area contributed by atoms with Crippen LogP contribution in [0.2, 0.25) is 0 Å². The van der Waals surface area contributed by atoms with Crippen molar-refractivity contribution in [1.82, 2.24) is 4.90 Å². The number of rotatable bonds is 6. The number of carbonyl (C=O) groups excluding carboxylic acids is 1. The number of carbonyl (C=O) groups is 1. The van der Waals surface area contributed by atoms with Crippen molar-refractivity contribution in [2.75, 3.05) is 25.4 Å². The van der Waals surface area contributed by atoms with E-state index in [1.165, 1.54) is 5.56 Å². The Labute approximate surface area is 161 Å². The number of aryl methyl sites for hydroxylation is 2. The van der Waals surface area contributed by atoms with E-state index in [0.29, 0.717) is 17.8 Å². The summed E-state index contributed by atoms with van der Waals surface area (Å²) in [5.41, 5.74) is 9.45. The number of ether oxygens (including phenoxy) is 1. The Morgan fingerprint density at radius 2 is 2.00 bits per heavy atom. The number of nitrogens with zero attached hydrogens (tertiary/aromatic N) is 1. The van der Waals surface area contributed by atoms with Crippen LogP contribution in [0.15, 0.2) is 48.5 Å². The number of hydrogen-bond acceptors (Lipinski definition) is 3. The molecule has 1 amide bonds. The van der Waals surface area contributed by atoms with E-state index in [-0.39, 0.29) is 24.4 Å². The second-order valence-electron chi connectivity index (χ2n) is 6.70. The van der Waals surface area contributed by atoms with Crippen molar-refractivity contribution in [2.45, 2.75) is 32.3 Å². The number of benzene rings is 2. The fourth-order valence-electron chi connectivity index (χ4n) is 3.26. The van der Waals surface area contributed by atoms with Crippen LogP contribution in [0.3, 0.4) is 0 Å². The van der Waals surface area contributed by atoms with E-state index in [4.69, 9.17) is 10.5 Å². The Hall–Kier alpha value is -2.04. The minimum absolute atomic E-state index is 0. The third kappa shape index (κ3) is 5.23. The number of nitrogens with two attached hydrogens (primary N) is 1. The van der Waals surface area contributed by atoms with Gasteiger partial charge in [-0.3, -0.25) is 4.79 Å². The molecule has 2 aromatic carbocycles. The monoisotopic (exact) mass is 374 g/mol. The van der Waals surface area contributed by atoms with E-state index >= 15 is 0 Å². The highest BCUT2D eigenvalue weighted by atomic mass is 35.5. The lowest BCUT2D eigenvalue weighted by atomic mass is 10.1. The maximum absolute atomic E-state index is 12.7. The molecule has 1 atom stereocenters. The normalized spacial score (nSPS) is 16.3. The summed E-state index contributed by atoms with van der Waals surface area (Å²) < 4.78 is 5.98. The Morgan fingerprint density at radius 3 is 2.77 bits per heavy atom. The minimum atomic E-state index is 0. The quantitative estimate of drug-likeness (QED) is 0.617. The van der Waals surface area contributed by atoms with E-state index in [2.05, 4.69) is 24.3 Å². The first kappa shape index (κ1) is 20.3. The van der Waals surface area contributed by atoms with Crippen LogP contribution in [0.25, 0.3) is 0 Å². The zero-order valence-electron chi connectivity index (χ0n) is 15.2. The fraction of sp³-hybridized carbons (Fsp3) is 0.381. The lowest BCUT2D eigenvalue weighted by Gasteiger charge is -2.18. The maximum Gasteiger partial charge on any atom is 0.254 e. The van der Waals surface area contributed by atoms with Crippen LogP contribution in [0.4, 0.5) is 5.69 Å². The molecular weight excluding hydrogens is 348 g/mol. The summed E-state index contributed by atoms with van der Waals surface area (Å²) in [6.07, 6.45) is 3.07. The molecule has 1 saturated heterocycles. The van der Waals surface area contributed by atoms with Crippen LogP contribution in [0.1, 0.15) is 34.3 Å². The van der Waals surface area contributed by atoms with Crippen LogP contribution in [-0.4, -0.2) is 36.6 Å². The minimum Gasteiger partial charge on any atom is -0.399 e. The zero-order valence-corrected chi connectivity index (χ0v) is 16.0. The molecule has 0 bridgehead atoms. The smallest absolute Gasteiger partial charge is 0.254 e. The number of anilines is 1. The van der Waals surface area contributed by atoms with Gasteiger partial charge in [0.2, 0.25) is 0 Å². The number of halogens is 1. The number of amides is 1. The van der Waals surface area contributed by atoms with Crippen molar-refractivity contribution in [3.63, 3.8) is 0 Å². The largest absolute Gasteiger partial charge is 0.399 e. The predicted molar refractivity (Wildman–Crippen MR) is 108 cm³/mol. The molecule has 1 heterocycles.